The number of alkyl halides is 1. The largest absolute Gasteiger partial charge is 0.396 e. The summed E-state index contributed by atoms with van der Waals surface area (Å²) in [4.78, 5) is -0.296. The van der Waals surface area contributed by atoms with Gasteiger partial charge in [0.25, 0.3) is 0 Å². The molecule has 0 spiro atoms. The molecule has 2 unspecified atom stereocenters. The van der Waals surface area contributed by atoms with Gasteiger partial charge in [0.2, 0.25) is 0 Å². The van der Waals surface area contributed by atoms with E-state index in [0.29, 0.717) is 26.4 Å². The number of aliphatic hydroxyl groups is 3. The highest BCUT2D eigenvalue weighted by Gasteiger charge is 2.55. The van der Waals surface area contributed by atoms with E-state index >= 15 is 0 Å². The number of aliphatic hydroxyl groups excluding tert-OH is 3. The Labute approximate surface area is 102 Å². The molecule has 2 aliphatic heterocycles. The van der Waals surface area contributed by atoms with E-state index in [1.165, 1.54) is 0 Å². The first-order valence-corrected chi connectivity index (χ1v) is 6.21. The topological polar surface area (TPSA) is 79.2 Å². The van der Waals surface area contributed by atoms with E-state index < -0.39 is 16.9 Å². The van der Waals surface area contributed by atoms with Crippen LogP contribution in [0.3, 0.4) is 0 Å². The first-order valence-electron chi connectivity index (χ1n) is 5.30. The molecule has 0 aliphatic carbocycles. The van der Waals surface area contributed by atoms with Crippen LogP contribution in [0.5, 0.6) is 0 Å². The minimum atomic E-state index is -0.748. The van der Waals surface area contributed by atoms with Crippen LogP contribution in [-0.2, 0) is 9.47 Å². The van der Waals surface area contributed by atoms with E-state index in [1.54, 1.807) is 0 Å². The van der Waals surface area contributed by atoms with Crippen molar-refractivity contribution in [3.05, 3.63) is 0 Å². The molecule has 3 N–H and O–H groups in total. The fraction of sp³-hybridized carbons (Fsp3) is 1.00. The summed E-state index contributed by atoms with van der Waals surface area (Å²) >= 11 is 3.43. The predicted octanol–water partition coefficient (Wildman–Crippen LogP) is -0.871. The molecule has 2 rings (SSSR count). The molecule has 0 aromatic heterocycles. The SMILES string of the molecule is OCC1(C(O)C(Br)C2(CO)COC2)COC1. The molecule has 5 nitrogen and oxygen atoms in total. The van der Waals surface area contributed by atoms with Crippen LogP contribution in [0, 0.1) is 10.8 Å². The van der Waals surface area contributed by atoms with Gasteiger partial charge in [-0.15, -0.1) is 0 Å². The number of hydrogen-bond donors (Lipinski definition) is 3. The summed E-state index contributed by atoms with van der Waals surface area (Å²) in [5.41, 5.74) is -1.02. The Morgan fingerprint density at radius 1 is 1.00 bits per heavy atom. The van der Waals surface area contributed by atoms with Gasteiger partial charge in [-0.1, -0.05) is 15.9 Å². The molecule has 0 bridgehead atoms. The standard InChI is InChI=1S/C10H17BrO5/c11-7(9(1-12)3-15-4-9)8(14)10(2-13)5-16-6-10/h7-8,12-14H,1-6H2. The molecule has 0 aromatic rings. The maximum Gasteiger partial charge on any atom is 0.0795 e. The predicted molar refractivity (Wildman–Crippen MR) is 59.4 cm³/mol. The van der Waals surface area contributed by atoms with Crippen LogP contribution in [0.4, 0.5) is 0 Å². The lowest BCUT2D eigenvalue weighted by Gasteiger charge is -2.51. The molecular formula is C10H17BrO5. The molecule has 6 heteroatoms. The van der Waals surface area contributed by atoms with Crippen molar-refractivity contribution in [3.8, 4) is 0 Å². The average molecular weight is 297 g/mol. The van der Waals surface area contributed by atoms with E-state index in [9.17, 15) is 15.3 Å². The Balaban J connectivity index is 2.06. The first-order chi connectivity index (χ1) is 7.60. The van der Waals surface area contributed by atoms with Gasteiger partial charge in [-0.3, -0.25) is 0 Å². The highest BCUT2D eigenvalue weighted by atomic mass is 79.9. The van der Waals surface area contributed by atoms with Gasteiger partial charge in [0.15, 0.2) is 0 Å². The molecule has 0 amide bonds. The molecule has 2 aliphatic rings. The van der Waals surface area contributed by atoms with E-state index in [0.717, 1.165) is 0 Å². The second kappa shape index (κ2) is 4.51. The summed E-state index contributed by atoms with van der Waals surface area (Å²) in [5.74, 6) is 0. The molecule has 0 saturated carbocycles. The normalized spacial score (nSPS) is 30.0. The third-order valence-electron chi connectivity index (χ3n) is 3.68. The van der Waals surface area contributed by atoms with Gasteiger partial charge in [-0.25, -0.2) is 0 Å². The van der Waals surface area contributed by atoms with Gasteiger partial charge in [0.05, 0.1) is 61.4 Å². The zero-order valence-electron chi connectivity index (χ0n) is 8.93. The number of ether oxygens (including phenoxy) is 2. The molecular weight excluding hydrogens is 280 g/mol. The van der Waals surface area contributed by atoms with Crippen molar-refractivity contribution in [2.75, 3.05) is 39.6 Å². The van der Waals surface area contributed by atoms with Crippen LogP contribution >= 0.6 is 15.9 Å². The highest BCUT2D eigenvalue weighted by molar-refractivity contribution is 9.09. The molecule has 2 heterocycles. The summed E-state index contributed by atoms with van der Waals surface area (Å²) in [6, 6.07) is 0. The van der Waals surface area contributed by atoms with Crippen molar-refractivity contribution < 1.29 is 24.8 Å². The molecule has 0 aromatic carbocycles. The van der Waals surface area contributed by atoms with Crippen LogP contribution in [0.25, 0.3) is 0 Å². The Hall–Kier alpha value is 0.280. The van der Waals surface area contributed by atoms with E-state index in [4.69, 9.17) is 9.47 Å². The lowest BCUT2D eigenvalue weighted by atomic mass is 9.71. The van der Waals surface area contributed by atoms with Gasteiger partial charge in [0, 0.05) is 0 Å². The smallest absolute Gasteiger partial charge is 0.0795 e. The quantitative estimate of drug-likeness (QED) is 0.575. The summed E-state index contributed by atoms with van der Waals surface area (Å²) in [7, 11) is 0. The molecule has 16 heavy (non-hydrogen) atoms. The number of rotatable bonds is 5. The van der Waals surface area contributed by atoms with Gasteiger partial charge in [-0.2, -0.15) is 0 Å². The van der Waals surface area contributed by atoms with E-state index in [2.05, 4.69) is 15.9 Å². The van der Waals surface area contributed by atoms with Crippen LogP contribution in [0.15, 0.2) is 0 Å². The summed E-state index contributed by atoms with van der Waals surface area (Å²) in [6.45, 7) is 1.42. The summed E-state index contributed by atoms with van der Waals surface area (Å²) in [5, 5.41) is 29.0. The Bertz CT molecular complexity index is 215. The Morgan fingerprint density at radius 2 is 1.44 bits per heavy atom. The lowest BCUT2D eigenvalue weighted by molar-refractivity contribution is -0.215. The average Bonchev–Trinajstić information content (AvgIpc) is 2.15. The van der Waals surface area contributed by atoms with Gasteiger partial charge < -0.3 is 24.8 Å². The highest BCUT2D eigenvalue weighted by Crippen LogP contribution is 2.44. The van der Waals surface area contributed by atoms with Crippen LogP contribution in [-0.4, -0.2) is 65.9 Å². The van der Waals surface area contributed by atoms with Crippen molar-refractivity contribution in [1.29, 1.82) is 0 Å². The number of halogens is 1. The molecule has 94 valence electrons. The fourth-order valence-electron chi connectivity index (χ4n) is 2.07. The third-order valence-corrected chi connectivity index (χ3v) is 5.15. The van der Waals surface area contributed by atoms with E-state index in [-0.39, 0.29) is 18.0 Å². The maximum absolute atomic E-state index is 10.3. The van der Waals surface area contributed by atoms with Crippen molar-refractivity contribution in [3.63, 3.8) is 0 Å². The second-order valence-electron chi connectivity index (χ2n) is 4.87. The van der Waals surface area contributed by atoms with Crippen LogP contribution in [0.1, 0.15) is 0 Å². The van der Waals surface area contributed by atoms with Crippen LogP contribution in [0.2, 0.25) is 0 Å². The minimum absolute atomic E-state index is 0.0393. The van der Waals surface area contributed by atoms with Gasteiger partial charge >= 0.3 is 0 Å². The summed E-state index contributed by atoms with van der Waals surface area (Å²) < 4.78 is 10.2. The third kappa shape index (κ3) is 1.72. The van der Waals surface area contributed by atoms with Gasteiger partial charge in [-0.05, 0) is 0 Å². The zero-order valence-corrected chi connectivity index (χ0v) is 10.5. The van der Waals surface area contributed by atoms with Crippen molar-refractivity contribution >= 4 is 15.9 Å². The number of hydrogen-bond acceptors (Lipinski definition) is 5. The molecule has 0 radical (unpaired) electrons. The molecule has 2 fully saturated rings. The van der Waals surface area contributed by atoms with Crippen LogP contribution < -0.4 is 0 Å². The monoisotopic (exact) mass is 296 g/mol. The van der Waals surface area contributed by atoms with Gasteiger partial charge in [0.1, 0.15) is 0 Å². The minimum Gasteiger partial charge on any atom is -0.396 e. The van der Waals surface area contributed by atoms with Crippen molar-refractivity contribution in [2.45, 2.75) is 10.9 Å². The lowest BCUT2D eigenvalue weighted by Crippen LogP contribution is -2.64. The maximum atomic E-state index is 10.3. The Morgan fingerprint density at radius 3 is 1.69 bits per heavy atom. The van der Waals surface area contributed by atoms with E-state index in [1.807, 2.05) is 0 Å². The fourth-order valence-corrected chi connectivity index (χ4v) is 3.04. The zero-order chi connectivity index (χ0) is 11.8. The molecule has 2 atom stereocenters. The van der Waals surface area contributed by atoms with Crippen molar-refractivity contribution in [2.24, 2.45) is 10.8 Å². The Kier molecular flexibility index (Phi) is 3.59. The molecule has 2 saturated heterocycles. The second-order valence-corrected chi connectivity index (χ2v) is 5.86. The summed E-state index contributed by atoms with van der Waals surface area (Å²) in [6.07, 6.45) is -0.748. The first kappa shape index (κ1) is 12.7. The van der Waals surface area contributed by atoms with Crippen molar-refractivity contribution in [1.82, 2.24) is 0 Å².